The number of Topliss-reactive ketones (excluding diaryl/α,β-unsaturated/α-hetero) is 1. The molecule has 0 heterocycles. The summed E-state index contributed by atoms with van der Waals surface area (Å²) in [6, 6.07) is 0.284. The summed E-state index contributed by atoms with van der Waals surface area (Å²) >= 11 is 0. The highest BCUT2D eigenvalue weighted by molar-refractivity contribution is 5.79. The lowest BCUT2D eigenvalue weighted by Crippen LogP contribution is -2.59. The van der Waals surface area contributed by atoms with Crippen LogP contribution in [0.25, 0.3) is 0 Å². The van der Waals surface area contributed by atoms with Crippen LogP contribution in [0, 0.1) is 34.5 Å². The average molecular weight is 347 g/mol. The Labute approximate surface area is 151 Å². The average Bonchev–Trinajstić information content (AvgIpc) is 2.86. The second-order valence-corrected chi connectivity index (χ2v) is 9.91. The predicted molar refractivity (Wildman–Crippen MR) is 95.7 cm³/mol. The number of carbonyl (C=O) groups is 2. The molecule has 1 amide bonds. The SMILES string of the molecule is CC(=O)NC1CCC2C3C[C@@H](O)C4CC(=O)CCC4(C)C3CCC12C. The lowest BCUT2D eigenvalue weighted by atomic mass is 9.44. The van der Waals surface area contributed by atoms with Gasteiger partial charge in [-0.25, -0.2) is 0 Å². The zero-order chi connectivity index (χ0) is 18.0. The van der Waals surface area contributed by atoms with Gasteiger partial charge in [-0.2, -0.15) is 0 Å². The Morgan fingerprint density at radius 3 is 2.52 bits per heavy atom. The van der Waals surface area contributed by atoms with Crippen LogP contribution in [-0.2, 0) is 9.59 Å². The number of hydrogen-bond donors (Lipinski definition) is 2. The molecule has 0 aromatic heterocycles. The summed E-state index contributed by atoms with van der Waals surface area (Å²) in [5.41, 5.74) is 0.282. The van der Waals surface area contributed by atoms with Gasteiger partial charge in [-0.15, -0.1) is 0 Å². The number of carbonyl (C=O) groups excluding carboxylic acids is 2. The monoisotopic (exact) mass is 347 g/mol. The molecule has 0 aromatic rings. The molecule has 4 heteroatoms. The summed E-state index contributed by atoms with van der Waals surface area (Å²) in [7, 11) is 0. The quantitative estimate of drug-likeness (QED) is 0.766. The first-order chi connectivity index (χ1) is 11.8. The number of rotatable bonds is 1. The van der Waals surface area contributed by atoms with Crippen molar-refractivity contribution < 1.29 is 14.7 Å². The third-order valence-corrected chi connectivity index (χ3v) is 8.88. The Kier molecular flexibility index (Phi) is 4.06. The largest absolute Gasteiger partial charge is 0.393 e. The Morgan fingerprint density at radius 1 is 1.08 bits per heavy atom. The molecule has 7 unspecified atom stereocenters. The van der Waals surface area contributed by atoms with E-state index in [2.05, 4.69) is 19.2 Å². The van der Waals surface area contributed by atoms with Crippen LogP contribution < -0.4 is 5.32 Å². The normalized spacial score (nSPS) is 52.1. The van der Waals surface area contributed by atoms with E-state index in [1.165, 1.54) is 6.42 Å². The molecular weight excluding hydrogens is 314 g/mol. The minimum absolute atomic E-state index is 0.0792. The van der Waals surface area contributed by atoms with Crippen LogP contribution in [0.2, 0.25) is 0 Å². The van der Waals surface area contributed by atoms with E-state index in [9.17, 15) is 14.7 Å². The topological polar surface area (TPSA) is 66.4 Å². The van der Waals surface area contributed by atoms with Crippen molar-refractivity contribution in [2.45, 2.75) is 84.3 Å². The van der Waals surface area contributed by atoms with Gasteiger partial charge in [0.15, 0.2) is 0 Å². The highest BCUT2D eigenvalue weighted by Gasteiger charge is 2.62. The molecule has 140 valence electrons. The predicted octanol–water partition coefficient (Wildman–Crippen LogP) is 3.07. The molecule has 2 N–H and O–H groups in total. The first kappa shape index (κ1) is 17.5. The summed E-state index contributed by atoms with van der Waals surface area (Å²) in [5.74, 6) is 2.34. The van der Waals surface area contributed by atoms with Gasteiger partial charge in [0, 0.05) is 25.8 Å². The molecule has 0 saturated heterocycles. The van der Waals surface area contributed by atoms with Gasteiger partial charge in [0.05, 0.1) is 6.10 Å². The highest BCUT2D eigenvalue weighted by Crippen LogP contribution is 2.65. The summed E-state index contributed by atoms with van der Waals surface area (Å²) in [6.45, 7) is 6.34. The molecule has 0 aromatic carbocycles. The van der Waals surface area contributed by atoms with Crippen LogP contribution in [0.3, 0.4) is 0 Å². The molecule has 0 radical (unpaired) electrons. The van der Waals surface area contributed by atoms with E-state index in [4.69, 9.17) is 0 Å². The van der Waals surface area contributed by atoms with Crippen LogP contribution in [0.15, 0.2) is 0 Å². The summed E-state index contributed by atoms with van der Waals surface area (Å²) < 4.78 is 0. The lowest BCUT2D eigenvalue weighted by Gasteiger charge is -2.61. The fraction of sp³-hybridized carbons (Fsp3) is 0.905. The van der Waals surface area contributed by atoms with Crippen molar-refractivity contribution in [1.82, 2.24) is 5.32 Å². The molecule has 4 nitrogen and oxygen atoms in total. The first-order valence-corrected chi connectivity index (χ1v) is 10.2. The molecule has 25 heavy (non-hydrogen) atoms. The molecule has 4 rings (SSSR count). The Balaban J connectivity index is 1.62. The summed E-state index contributed by atoms with van der Waals surface area (Å²) in [6.07, 6.45) is 7.32. The number of aliphatic hydroxyl groups excluding tert-OH is 1. The Hall–Kier alpha value is -0.900. The minimum atomic E-state index is -0.335. The van der Waals surface area contributed by atoms with Crippen LogP contribution in [0.4, 0.5) is 0 Å². The minimum Gasteiger partial charge on any atom is -0.393 e. The van der Waals surface area contributed by atoms with Crippen LogP contribution in [-0.4, -0.2) is 28.9 Å². The standard InChI is InChI=1S/C21H33NO3/c1-12(23)22-19-5-4-15-14-11-18(25)17-10-13(24)6-8-20(17,2)16(14)7-9-21(15,19)3/h14-19,25H,4-11H2,1-3H3,(H,22,23)/t14?,15?,16?,17?,18-,19?,20?,21?/m1/s1. The van der Waals surface area contributed by atoms with Gasteiger partial charge < -0.3 is 10.4 Å². The molecule has 4 aliphatic carbocycles. The van der Waals surface area contributed by atoms with Crippen molar-refractivity contribution in [2.75, 3.05) is 0 Å². The van der Waals surface area contributed by atoms with Crippen molar-refractivity contribution in [3.8, 4) is 0 Å². The number of hydrogen-bond acceptors (Lipinski definition) is 3. The van der Waals surface area contributed by atoms with E-state index in [-0.39, 0.29) is 34.8 Å². The molecule has 0 bridgehead atoms. The van der Waals surface area contributed by atoms with Gasteiger partial charge in [-0.05, 0) is 73.0 Å². The number of fused-ring (bicyclic) bond motifs is 5. The molecule has 0 aliphatic heterocycles. The third-order valence-electron chi connectivity index (χ3n) is 8.88. The van der Waals surface area contributed by atoms with Gasteiger partial charge in [-0.3, -0.25) is 9.59 Å². The van der Waals surface area contributed by atoms with Gasteiger partial charge in [0.25, 0.3) is 0 Å². The third kappa shape index (κ3) is 2.50. The maximum absolute atomic E-state index is 12.0. The molecule has 4 saturated carbocycles. The molecule has 8 atom stereocenters. The first-order valence-electron chi connectivity index (χ1n) is 10.2. The van der Waals surface area contributed by atoms with E-state index < -0.39 is 0 Å². The molecule has 0 spiro atoms. The van der Waals surface area contributed by atoms with Crippen molar-refractivity contribution in [3.05, 3.63) is 0 Å². The van der Waals surface area contributed by atoms with E-state index in [1.54, 1.807) is 6.92 Å². The zero-order valence-electron chi connectivity index (χ0n) is 15.9. The smallest absolute Gasteiger partial charge is 0.217 e. The number of ketones is 1. The highest BCUT2D eigenvalue weighted by atomic mass is 16.3. The second-order valence-electron chi connectivity index (χ2n) is 9.91. The van der Waals surface area contributed by atoms with Crippen molar-refractivity contribution in [1.29, 1.82) is 0 Å². The molecule has 4 aliphatic rings. The lowest BCUT2D eigenvalue weighted by molar-refractivity contribution is -0.163. The molecular formula is C21H33NO3. The molecule has 4 fully saturated rings. The van der Waals surface area contributed by atoms with Gasteiger partial charge >= 0.3 is 0 Å². The Bertz CT molecular complexity index is 590. The maximum Gasteiger partial charge on any atom is 0.217 e. The van der Waals surface area contributed by atoms with Crippen molar-refractivity contribution in [2.24, 2.45) is 34.5 Å². The van der Waals surface area contributed by atoms with Gasteiger partial charge in [0.2, 0.25) is 5.91 Å². The van der Waals surface area contributed by atoms with Gasteiger partial charge in [-0.1, -0.05) is 13.8 Å². The van der Waals surface area contributed by atoms with Crippen molar-refractivity contribution in [3.63, 3.8) is 0 Å². The van der Waals surface area contributed by atoms with Crippen LogP contribution in [0.1, 0.15) is 72.1 Å². The Morgan fingerprint density at radius 2 is 1.80 bits per heavy atom. The van der Waals surface area contributed by atoms with Crippen LogP contribution >= 0.6 is 0 Å². The van der Waals surface area contributed by atoms with Crippen LogP contribution in [0.5, 0.6) is 0 Å². The van der Waals surface area contributed by atoms with E-state index >= 15 is 0 Å². The fourth-order valence-corrected chi connectivity index (χ4v) is 7.57. The fourth-order valence-electron chi connectivity index (χ4n) is 7.57. The summed E-state index contributed by atoms with van der Waals surface area (Å²) in [4.78, 5) is 23.6. The summed E-state index contributed by atoms with van der Waals surface area (Å²) in [5, 5.41) is 14.1. The van der Waals surface area contributed by atoms with Crippen molar-refractivity contribution >= 4 is 11.7 Å². The maximum atomic E-state index is 12.0. The second kappa shape index (κ2) is 5.80. The zero-order valence-corrected chi connectivity index (χ0v) is 15.9. The number of aliphatic hydroxyl groups is 1. The van der Waals surface area contributed by atoms with E-state index in [0.717, 1.165) is 32.1 Å². The number of amides is 1. The van der Waals surface area contributed by atoms with E-state index in [0.29, 0.717) is 36.4 Å². The van der Waals surface area contributed by atoms with E-state index in [1.807, 2.05) is 0 Å². The number of nitrogens with one attached hydrogen (secondary N) is 1. The van der Waals surface area contributed by atoms with Gasteiger partial charge in [0.1, 0.15) is 5.78 Å².